The van der Waals surface area contributed by atoms with Gasteiger partial charge in [0.1, 0.15) is 0 Å². The van der Waals surface area contributed by atoms with Crippen LogP contribution in [0.4, 0.5) is 0 Å². The average molecular weight is 260 g/mol. The average Bonchev–Trinajstić information content (AvgIpc) is 2.45. The fraction of sp³-hybridized carbons (Fsp3) is 0.562. The Kier molecular flexibility index (Phi) is 5.40. The Morgan fingerprint density at radius 1 is 1.21 bits per heavy atom. The minimum absolute atomic E-state index is 0.189. The lowest BCUT2D eigenvalue weighted by Gasteiger charge is -2.31. The van der Waals surface area contributed by atoms with E-state index in [9.17, 15) is 4.79 Å². The van der Waals surface area contributed by atoms with Crippen molar-refractivity contribution < 1.29 is 4.79 Å². The van der Waals surface area contributed by atoms with Crippen molar-refractivity contribution in [1.82, 2.24) is 4.90 Å². The van der Waals surface area contributed by atoms with Crippen LogP contribution in [0.3, 0.4) is 0 Å². The molecular weight excluding hydrogens is 236 g/mol. The molecule has 1 aromatic carbocycles. The molecule has 2 rings (SSSR count). The van der Waals surface area contributed by atoms with Crippen LogP contribution in [0.25, 0.3) is 0 Å². The van der Waals surface area contributed by atoms with Gasteiger partial charge in [-0.1, -0.05) is 30.3 Å². The summed E-state index contributed by atoms with van der Waals surface area (Å²) >= 11 is 0. The third-order valence-electron chi connectivity index (χ3n) is 4.07. The number of aryl methyl sites for hydroxylation is 1. The number of nitrogens with two attached hydrogens (primary N) is 1. The van der Waals surface area contributed by atoms with E-state index in [0.29, 0.717) is 6.42 Å². The first-order chi connectivity index (χ1) is 9.24. The smallest absolute Gasteiger partial charge is 0.218 e. The van der Waals surface area contributed by atoms with E-state index in [1.54, 1.807) is 0 Å². The maximum Gasteiger partial charge on any atom is 0.218 e. The summed E-state index contributed by atoms with van der Waals surface area (Å²) in [4.78, 5) is 13.1. The molecule has 1 saturated heterocycles. The molecule has 0 spiro atoms. The summed E-state index contributed by atoms with van der Waals surface area (Å²) in [5.74, 6) is 0.649. The summed E-state index contributed by atoms with van der Waals surface area (Å²) in [5, 5.41) is 0. The molecule has 1 amide bonds. The summed E-state index contributed by atoms with van der Waals surface area (Å²) in [5.41, 5.74) is 6.63. The van der Waals surface area contributed by atoms with Gasteiger partial charge in [-0.25, -0.2) is 0 Å². The maximum atomic E-state index is 10.8. The Labute approximate surface area is 115 Å². The molecule has 3 heteroatoms. The number of rotatable bonds is 6. The third-order valence-corrected chi connectivity index (χ3v) is 4.07. The molecule has 3 nitrogen and oxygen atoms in total. The number of hydrogen-bond acceptors (Lipinski definition) is 2. The van der Waals surface area contributed by atoms with Crippen LogP contribution in [-0.4, -0.2) is 30.4 Å². The molecule has 1 aromatic rings. The molecule has 1 aliphatic rings. The molecule has 1 fully saturated rings. The van der Waals surface area contributed by atoms with E-state index in [0.717, 1.165) is 25.6 Å². The lowest BCUT2D eigenvalue weighted by Crippen LogP contribution is -2.36. The summed E-state index contributed by atoms with van der Waals surface area (Å²) in [6.07, 6.45) is 5.48. The Bertz CT molecular complexity index is 383. The lowest BCUT2D eigenvalue weighted by atomic mass is 9.90. The molecule has 0 radical (unpaired) electrons. The number of nitrogens with zero attached hydrogens (tertiary/aromatic N) is 1. The van der Waals surface area contributed by atoms with Gasteiger partial charge in [-0.15, -0.1) is 0 Å². The first kappa shape index (κ1) is 14.1. The number of piperidine rings is 1. The van der Waals surface area contributed by atoms with Crippen LogP contribution in [0.2, 0.25) is 0 Å². The fourth-order valence-electron chi connectivity index (χ4n) is 2.78. The van der Waals surface area contributed by atoms with Gasteiger partial charge in [0, 0.05) is 13.0 Å². The predicted molar refractivity (Wildman–Crippen MR) is 77.7 cm³/mol. The van der Waals surface area contributed by atoms with Crippen molar-refractivity contribution in [3.05, 3.63) is 35.9 Å². The third kappa shape index (κ3) is 5.03. The first-order valence-electron chi connectivity index (χ1n) is 7.28. The minimum atomic E-state index is -0.189. The van der Waals surface area contributed by atoms with Gasteiger partial charge in [0.2, 0.25) is 5.91 Å². The van der Waals surface area contributed by atoms with Crippen molar-refractivity contribution >= 4 is 5.91 Å². The van der Waals surface area contributed by atoms with Gasteiger partial charge in [0.25, 0.3) is 0 Å². The second-order valence-electron chi connectivity index (χ2n) is 5.53. The van der Waals surface area contributed by atoms with Gasteiger partial charge < -0.3 is 10.6 Å². The van der Waals surface area contributed by atoms with E-state index >= 15 is 0 Å². The van der Waals surface area contributed by atoms with Crippen molar-refractivity contribution in [2.24, 2.45) is 11.7 Å². The standard InChI is InChI=1S/C16H24N2O/c17-16(19)10-13-18-11-8-15(9-12-18)7-6-14-4-2-1-3-5-14/h1-5,15H,6-13H2,(H2,17,19). The second kappa shape index (κ2) is 7.29. The van der Waals surface area contributed by atoms with E-state index in [2.05, 4.69) is 35.2 Å². The SMILES string of the molecule is NC(=O)CCN1CCC(CCc2ccccc2)CC1. The van der Waals surface area contributed by atoms with Crippen molar-refractivity contribution in [3.63, 3.8) is 0 Å². The quantitative estimate of drug-likeness (QED) is 0.852. The molecule has 1 aliphatic heterocycles. The van der Waals surface area contributed by atoms with Gasteiger partial charge in [-0.05, 0) is 50.3 Å². The molecule has 104 valence electrons. The van der Waals surface area contributed by atoms with Crippen LogP contribution < -0.4 is 5.73 Å². The largest absolute Gasteiger partial charge is 0.370 e. The van der Waals surface area contributed by atoms with Crippen molar-refractivity contribution in [2.75, 3.05) is 19.6 Å². The van der Waals surface area contributed by atoms with Crippen LogP contribution in [0.15, 0.2) is 30.3 Å². The van der Waals surface area contributed by atoms with E-state index in [1.807, 2.05) is 0 Å². The Morgan fingerprint density at radius 2 is 1.89 bits per heavy atom. The van der Waals surface area contributed by atoms with Crippen LogP contribution in [0, 0.1) is 5.92 Å². The fourth-order valence-corrected chi connectivity index (χ4v) is 2.78. The van der Waals surface area contributed by atoms with E-state index < -0.39 is 0 Å². The van der Waals surface area contributed by atoms with Crippen LogP contribution in [0.5, 0.6) is 0 Å². The first-order valence-corrected chi connectivity index (χ1v) is 7.28. The molecule has 0 aliphatic carbocycles. The molecule has 19 heavy (non-hydrogen) atoms. The number of benzene rings is 1. The van der Waals surface area contributed by atoms with Crippen LogP contribution in [-0.2, 0) is 11.2 Å². The van der Waals surface area contributed by atoms with Gasteiger partial charge in [-0.3, -0.25) is 4.79 Å². The number of primary amides is 1. The zero-order valence-electron chi connectivity index (χ0n) is 11.6. The monoisotopic (exact) mass is 260 g/mol. The van der Waals surface area contributed by atoms with Crippen LogP contribution >= 0.6 is 0 Å². The maximum absolute atomic E-state index is 10.8. The molecule has 1 heterocycles. The molecule has 0 atom stereocenters. The molecular formula is C16H24N2O. The molecule has 0 aromatic heterocycles. The second-order valence-corrected chi connectivity index (χ2v) is 5.53. The Hall–Kier alpha value is -1.35. The molecule has 0 unspecified atom stereocenters. The Balaban J connectivity index is 1.65. The number of likely N-dealkylation sites (tertiary alicyclic amines) is 1. The molecule has 0 saturated carbocycles. The summed E-state index contributed by atoms with van der Waals surface area (Å²) in [7, 11) is 0. The highest BCUT2D eigenvalue weighted by atomic mass is 16.1. The molecule has 2 N–H and O–H groups in total. The number of carbonyl (C=O) groups is 1. The van der Waals surface area contributed by atoms with Gasteiger partial charge in [0.05, 0.1) is 0 Å². The highest BCUT2D eigenvalue weighted by Crippen LogP contribution is 2.22. The summed E-state index contributed by atoms with van der Waals surface area (Å²) in [6.45, 7) is 3.07. The summed E-state index contributed by atoms with van der Waals surface area (Å²) < 4.78 is 0. The molecule has 0 bridgehead atoms. The van der Waals surface area contributed by atoms with Gasteiger partial charge in [0.15, 0.2) is 0 Å². The zero-order valence-corrected chi connectivity index (χ0v) is 11.6. The normalized spacial score (nSPS) is 17.5. The predicted octanol–water partition coefficient (Wildman–Crippen LogP) is 2.21. The van der Waals surface area contributed by atoms with Crippen LogP contribution in [0.1, 0.15) is 31.2 Å². The Morgan fingerprint density at radius 3 is 2.53 bits per heavy atom. The highest BCUT2D eigenvalue weighted by Gasteiger charge is 2.18. The van der Waals surface area contributed by atoms with Gasteiger partial charge >= 0.3 is 0 Å². The zero-order chi connectivity index (χ0) is 13.5. The summed E-state index contributed by atoms with van der Waals surface area (Å²) in [6, 6.07) is 10.7. The van der Waals surface area contributed by atoms with Crippen molar-refractivity contribution in [2.45, 2.75) is 32.1 Å². The van der Waals surface area contributed by atoms with Gasteiger partial charge in [-0.2, -0.15) is 0 Å². The van der Waals surface area contributed by atoms with Crippen molar-refractivity contribution in [1.29, 1.82) is 0 Å². The lowest BCUT2D eigenvalue weighted by molar-refractivity contribution is -0.118. The number of amides is 1. The van der Waals surface area contributed by atoms with Crippen molar-refractivity contribution in [3.8, 4) is 0 Å². The van der Waals surface area contributed by atoms with E-state index in [4.69, 9.17) is 5.73 Å². The number of carbonyl (C=O) groups excluding carboxylic acids is 1. The van der Waals surface area contributed by atoms with E-state index in [-0.39, 0.29) is 5.91 Å². The minimum Gasteiger partial charge on any atom is -0.370 e. The van der Waals surface area contributed by atoms with E-state index in [1.165, 1.54) is 31.2 Å². The highest BCUT2D eigenvalue weighted by molar-refractivity contribution is 5.73. The number of hydrogen-bond donors (Lipinski definition) is 1. The topological polar surface area (TPSA) is 46.3 Å².